The van der Waals surface area contributed by atoms with Crippen LogP contribution in [0.4, 0.5) is 0 Å². The summed E-state index contributed by atoms with van der Waals surface area (Å²) in [7, 11) is 1.93. The summed E-state index contributed by atoms with van der Waals surface area (Å²) < 4.78 is 1.85. The predicted octanol–water partition coefficient (Wildman–Crippen LogP) is 0.768. The Morgan fingerprint density at radius 2 is 2.38 bits per heavy atom. The lowest BCUT2D eigenvalue weighted by molar-refractivity contribution is 0.674. The fourth-order valence-corrected chi connectivity index (χ4v) is 2.03. The molecule has 0 aromatic carbocycles. The van der Waals surface area contributed by atoms with Crippen molar-refractivity contribution in [3.05, 3.63) is 38.2 Å². The molecule has 2 rings (SSSR count). The van der Waals surface area contributed by atoms with Crippen LogP contribution in [0.2, 0.25) is 0 Å². The van der Waals surface area contributed by atoms with Crippen LogP contribution in [0.5, 0.6) is 0 Å². The van der Waals surface area contributed by atoms with Gasteiger partial charge in [0.25, 0.3) is 0 Å². The van der Waals surface area contributed by atoms with Gasteiger partial charge in [0, 0.05) is 42.5 Å². The molecule has 6 heteroatoms. The third kappa shape index (κ3) is 2.40. The normalized spacial score (nSPS) is 10.9. The largest absolute Gasteiger partial charge is 0.315 e. The zero-order valence-corrected chi connectivity index (χ0v) is 10.1. The molecular formula is C10H14N4OS. The molecule has 2 heterocycles. The van der Waals surface area contributed by atoms with E-state index in [1.807, 2.05) is 30.2 Å². The summed E-state index contributed by atoms with van der Waals surface area (Å²) in [5.41, 5.74) is 3.27. The zero-order chi connectivity index (χ0) is 11.5. The van der Waals surface area contributed by atoms with Crippen LogP contribution in [0, 0.1) is 6.92 Å². The van der Waals surface area contributed by atoms with E-state index in [9.17, 15) is 4.79 Å². The SMILES string of the molecule is Cc1c(CNCc2csc(=O)[nH]2)cnn1C. The molecular weight excluding hydrogens is 224 g/mol. The van der Waals surface area contributed by atoms with E-state index >= 15 is 0 Å². The van der Waals surface area contributed by atoms with Crippen molar-refractivity contribution in [2.24, 2.45) is 7.05 Å². The molecule has 2 aromatic heterocycles. The number of hydrogen-bond donors (Lipinski definition) is 2. The minimum Gasteiger partial charge on any atom is -0.315 e. The Morgan fingerprint density at radius 1 is 1.56 bits per heavy atom. The number of rotatable bonds is 4. The van der Waals surface area contributed by atoms with Gasteiger partial charge in [0.2, 0.25) is 0 Å². The van der Waals surface area contributed by atoms with Gasteiger partial charge in [-0.25, -0.2) is 0 Å². The standard InChI is InChI=1S/C10H14N4OS/c1-7-8(4-12-14(7)2)3-11-5-9-6-16-10(15)13-9/h4,6,11H,3,5H2,1-2H3,(H,13,15). The molecule has 0 unspecified atom stereocenters. The number of hydrogen-bond acceptors (Lipinski definition) is 4. The predicted molar refractivity (Wildman–Crippen MR) is 63.4 cm³/mol. The van der Waals surface area contributed by atoms with Gasteiger partial charge in [0.15, 0.2) is 0 Å². The molecule has 0 aliphatic rings. The third-order valence-electron chi connectivity index (χ3n) is 2.54. The second kappa shape index (κ2) is 4.63. The maximum atomic E-state index is 10.9. The number of aromatic amines is 1. The summed E-state index contributed by atoms with van der Waals surface area (Å²) >= 11 is 1.19. The van der Waals surface area contributed by atoms with Crippen LogP contribution in [0.3, 0.4) is 0 Å². The van der Waals surface area contributed by atoms with Crippen molar-refractivity contribution in [3.63, 3.8) is 0 Å². The molecule has 0 spiro atoms. The molecule has 0 radical (unpaired) electrons. The minimum absolute atomic E-state index is 0.00522. The van der Waals surface area contributed by atoms with E-state index in [2.05, 4.69) is 15.4 Å². The summed E-state index contributed by atoms with van der Waals surface area (Å²) in [6.07, 6.45) is 1.86. The molecule has 0 atom stereocenters. The Bertz CT molecular complexity index is 525. The maximum absolute atomic E-state index is 10.9. The van der Waals surface area contributed by atoms with E-state index in [1.54, 1.807) is 0 Å². The number of thiazole rings is 1. The van der Waals surface area contributed by atoms with Crippen molar-refractivity contribution < 1.29 is 0 Å². The van der Waals surface area contributed by atoms with Crippen LogP contribution < -0.4 is 10.2 Å². The van der Waals surface area contributed by atoms with Crippen LogP contribution in [0.15, 0.2) is 16.4 Å². The maximum Gasteiger partial charge on any atom is 0.304 e. The fraction of sp³-hybridized carbons (Fsp3) is 0.400. The Morgan fingerprint density at radius 3 is 2.94 bits per heavy atom. The van der Waals surface area contributed by atoms with Crippen molar-refractivity contribution in [2.45, 2.75) is 20.0 Å². The molecule has 0 bridgehead atoms. The second-order valence-corrected chi connectivity index (χ2v) is 4.50. The van der Waals surface area contributed by atoms with Crippen molar-refractivity contribution in [3.8, 4) is 0 Å². The number of nitrogens with zero attached hydrogens (tertiary/aromatic N) is 2. The Kier molecular flexibility index (Phi) is 3.21. The Labute approximate surface area is 97.1 Å². The number of aryl methyl sites for hydroxylation is 1. The fourth-order valence-electron chi connectivity index (χ4n) is 1.45. The van der Waals surface area contributed by atoms with Gasteiger partial charge in [-0.05, 0) is 6.92 Å². The van der Waals surface area contributed by atoms with Crippen LogP contribution in [-0.4, -0.2) is 14.8 Å². The van der Waals surface area contributed by atoms with Gasteiger partial charge >= 0.3 is 4.87 Å². The van der Waals surface area contributed by atoms with E-state index in [4.69, 9.17) is 0 Å². The quantitative estimate of drug-likeness (QED) is 0.827. The zero-order valence-electron chi connectivity index (χ0n) is 9.28. The second-order valence-electron chi connectivity index (χ2n) is 3.66. The van der Waals surface area contributed by atoms with E-state index in [0.29, 0.717) is 6.54 Å². The lowest BCUT2D eigenvalue weighted by Gasteiger charge is -2.02. The van der Waals surface area contributed by atoms with Gasteiger partial charge in [-0.15, -0.1) is 0 Å². The smallest absolute Gasteiger partial charge is 0.304 e. The molecule has 0 amide bonds. The van der Waals surface area contributed by atoms with Crippen molar-refractivity contribution in [1.29, 1.82) is 0 Å². The molecule has 0 aliphatic heterocycles. The average Bonchev–Trinajstić information content (AvgIpc) is 2.79. The van der Waals surface area contributed by atoms with Gasteiger partial charge in [-0.3, -0.25) is 9.48 Å². The summed E-state index contributed by atoms with van der Waals surface area (Å²) in [5.74, 6) is 0. The van der Waals surface area contributed by atoms with Crippen LogP contribution >= 0.6 is 11.3 Å². The first-order valence-corrected chi connectivity index (χ1v) is 5.89. The van der Waals surface area contributed by atoms with Crippen LogP contribution in [0.1, 0.15) is 17.0 Å². The molecule has 0 saturated carbocycles. The number of nitrogens with one attached hydrogen (secondary N) is 2. The summed E-state index contributed by atoms with van der Waals surface area (Å²) in [5, 5.41) is 9.27. The highest BCUT2D eigenvalue weighted by Gasteiger charge is 2.03. The lowest BCUT2D eigenvalue weighted by Crippen LogP contribution is -2.14. The van der Waals surface area contributed by atoms with Gasteiger partial charge < -0.3 is 10.3 Å². The van der Waals surface area contributed by atoms with Crippen molar-refractivity contribution >= 4 is 11.3 Å². The van der Waals surface area contributed by atoms with E-state index in [-0.39, 0.29) is 4.87 Å². The first kappa shape index (κ1) is 11.1. The summed E-state index contributed by atoms with van der Waals surface area (Å²) in [4.78, 5) is 13.7. The molecule has 16 heavy (non-hydrogen) atoms. The molecule has 5 nitrogen and oxygen atoms in total. The third-order valence-corrected chi connectivity index (χ3v) is 3.26. The molecule has 86 valence electrons. The topological polar surface area (TPSA) is 62.7 Å². The number of H-pyrrole nitrogens is 1. The first-order chi connectivity index (χ1) is 7.66. The van der Waals surface area contributed by atoms with Crippen molar-refractivity contribution in [2.75, 3.05) is 0 Å². The van der Waals surface area contributed by atoms with Gasteiger partial charge in [0.1, 0.15) is 0 Å². The Balaban J connectivity index is 1.89. The van der Waals surface area contributed by atoms with E-state index in [1.165, 1.54) is 16.9 Å². The lowest BCUT2D eigenvalue weighted by atomic mass is 10.2. The number of aromatic nitrogens is 3. The van der Waals surface area contributed by atoms with Crippen LogP contribution in [-0.2, 0) is 20.1 Å². The van der Waals surface area contributed by atoms with E-state index in [0.717, 1.165) is 17.9 Å². The van der Waals surface area contributed by atoms with Crippen molar-refractivity contribution in [1.82, 2.24) is 20.1 Å². The molecule has 2 aromatic rings. The molecule has 0 fully saturated rings. The van der Waals surface area contributed by atoms with Gasteiger partial charge in [-0.1, -0.05) is 11.3 Å². The Hall–Kier alpha value is -1.40. The highest BCUT2D eigenvalue weighted by molar-refractivity contribution is 7.07. The highest BCUT2D eigenvalue weighted by atomic mass is 32.1. The molecule has 0 saturated heterocycles. The first-order valence-electron chi connectivity index (χ1n) is 5.01. The molecule has 0 aliphatic carbocycles. The summed E-state index contributed by atoms with van der Waals surface area (Å²) in [6, 6.07) is 0. The van der Waals surface area contributed by atoms with Gasteiger partial charge in [-0.2, -0.15) is 5.10 Å². The van der Waals surface area contributed by atoms with Gasteiger partial charge in [0.05, 0.1) is 6.20 Å². The van der Waals surface area contributed by atoms with Crippen LogP contribution in [0.25, 0.3) is 0 Å². The monoisotopic (exact) mass is 238 g/mol. The molecule has 2 N–H and O–H groups in total. The minimum atomic E-state index is -0.00522. The van der Waals surface area contributed by atoms with E-state index < -0.39 is 0 Å². The highest BCUT2D eigenvalue weighted by Crippen LogP contribution is 2.05. The summed E-state index contributed by atoms with van der Waals surface area (Å²) in [6.45, 7) is 3.47. The average molecular weight is 238 g/mol.